The van der Waals surface area contributed by atoms with Crippen LogP contribution in [0.15, 0.2) is 6.20 Å². The van der Waals surface area contributed by atoms with Gasteiger partial charge in [0.15, 0.2) is 0 Å². The van der Waals surface area contributed by atoms with Gasteiger partial charge in [-0.05, 0) is 24.8 Å². The Morgan fingerprint density at radius 3 is 2.63 bits per heavy atom. The van der Waals surface area contributed by atoms with E-state index in [0.29, 0.717) is 6.42 Å². The van der Waals surface area contributed by atoms with Crippen LogP contribution in [0.2, 0.25) is 0 Å². The van der Waals surface area contributed by atoms with Crippen LogP contribution in [0.5, 0.6) is 0 Å². The van der Waals surface area contributed by atoms with Crippen molar-refractivity contribution in [1.82, 2.24) is 15.1 Å². The Bertz CT molecular complexity index is 484. The lowest BCUT2D eigenvalue weighted by molar-refractivity contribution is -0.119. The summed E-state index contributed by atoms with van der Waals surface area (Å²) in [6, 6.07) is 0. The van der Waals surface area contributed by atoms with Crippen LogP contribution in [0, 0.1) is 0 Å². The average molecular weight is 263 g/mol. The maximum absolute atomic E-state index is 11.6. The summed E-state index contributed by atoms with van der Waals surface area (Å²) in [5, 5.41) is 7.79. The molecule has 1 aliphatic rings. The van der Waals surface area contributed by atoms with Crippen LogP contribution in [-0.2, 0) is 23.7 Å². The number of nitrogens with one attached hydrogen (secondary N) is 1. The molecule has 1 atom stereocenters. The first-order valence-electron chi connectivity index (χ1n) is 7.10. The molecule has 0 aliphatic carbocycles. The molecule has 1 amide bonds. The first-order chi connectivity index (χ1) is 8.76. The van der Waals surface area contributed by atoms with Crippen molar-refractivity contribution >= 4 is 5.91 Å². The van der Waals surface area contributed by atoms with Crippen molar-refractivity contribution in [2.75, 3.05) is 0 Å². The zero-order chi connectivity index (χ0) is 14.3. The fraction of sp³-hybridized carbons (Fsp3) is 0.733. The van der Waals surface area contributed by atoms with Crippen LogP contribution in [0.4, 0.5) is 0 Å². The van der Waals surface area contributed by atoms with Gasteiger partial charge in [-0.15, -0.1) is 0 Å². The maximum atomic E-state index is 11.6. The van der Waals surface area contributed by atoms with Gasteiger partial charge in [-0.2, -0.15) is 5.10 Å². The van der Waals surface area contributed by atoms with Gasteiger partial charge in [-0.3, -0.25) is 9.48 Å². The van der Waals surface area contributed by atoms with Gasteiger partial charge < -0.3 is 5.32 Å². The molecular formula is C15H25N3O. The summed E-state index contributed by atoms with van der Waals surface area (Å²) < 4.78 is 1.88. The van der Waals surface area contributed by atoms with Gasteiger partial charge >= 0.3 is 0 Å². The van der Waals surface area contributed by atoms with Crippen molar-refractivity contribution in [2.24, 2.45) is 7.05 Å². The van der Waals surface area contributed by atoms with E-state index in [1.54, 1.807) is 0 Å². The highest BCUT2D eigenvalue weighted by atomic mass is 16.2. The molecule has 0 saturated carbocycles. The summed E-state index contributed by atoms with van der Waals surface area (Å²) in [5.41, 5.74) is 2.37. The van der Waals surface area contributed by atoms with Crippen LogP contribution in [-0.4, -0.2) is 21.2 Å². The van der Waals surface area contributed by atoms with E-state index >= 15 is 0 Å². The van der Waals surface area contributed by atoms with E-state index in [-0.39, 0.29) is 16.9 Å². The molecule has 2 rings (SSSR count). The van der Waals surface area contributed by atoms with Gasteiger partial charge in [0, 0.05) is 30.6 Å². The Morgan fingerprint density at radius 1 is 1.47 bits per heavy atom. The lowest BCUT2D eigenvalue weighted by Crippen LogP contribution is -2.43. The lowest BCUT2D eigenvalue weighted by atomic mass is 9.82. The van der Waals surface area contributed by atoms with Gasteiger partial charge in [0.05, 0.1) is 5.69 Å². The van der Waals surface area contributed by atoms with Crippen molar-refractivity contribution in [2.45, 2.75) is 64.3 Å². The highest BCUT2D eigenvalue weighted by Crippen LogP contribution is 2.32. The molecule has 19 heavy (non-hydrogen) atoms. The summed E-state index contributed by atoms with van der Waals surface area (Å²) >= 11 is 0. The number of aryl methyl sites for hydroxylation is 1. The standard InChI is InChI=1S/C15H25N3O/c1-6-15(8-7-12(19)16-15)9-11-10-18(5)17-13(11)14(2,3)4/h10H,6-9H2,1-5H3,(H,16,19). The zero-order valence-corrected chi connectivity index (χ0v) is 12.7. The van der Waals surface area contributed by atoms with E-state index in [1.165, 1.54) is 5.56 Å². The van der Waals surface area contributed by atoms with E-state index in [1.807, 2.05) is 11.7 Å². The molecule has 1 aromatic rings. The first kappa shape index (κ1) is 14.1. The summed E-state index contributed by atoms with van der Waals surface area (Å²) in [4.78, 5) is 11.6. The number of amides is 1. The molecule has 1 aliphatic heterocycles. The Morgan fingerprint density at radius 2 is 2.16 bits per heavy atom. The average Bonchev–Trinajstić information content (AvgIpc) is 2.83. The molecule has 0 radical (unpaired) electrons. The third kappa shape index (κ3) is 2.82. The molecule has 4 nitrogen and oxygen atoms in total. The monoisotopic (exact) mass is 263 g/mol. The molecule has 1 N–H and O–H groups in total. The minimum Gasteiger partial charge on any atom is -0.350 e. The molecule has 106 valence electrons. The quantitative estimate of drug-likeness (QED) is 0.909. The van der Waals surface area contributed by atoms with Crippen LogP contribution in [0.1, 0.15) is 58.2 Å². The van der Waals surface area contributed by atoms with Crippen molar-refractivity contribution in [1.29, 1.82) is 0 Å². The molecule has 1 unspecified atom stereocenters. The highest BCUT2D eigenvalue weighted by Gasteiger charge is 2.37. The molecule has 0 aromatic carbocycles. The van der Waals surface area contributed by atoms with Gasteiger partial charge in [0.25, 0.3) is 0 Å². The van der Waals surface area contributed by atoms with Crippen LogP contribution < -0.4 is 5.32 Å². The fourth-order valence-corrected chi connectivity index (χ4v) is 2.96. The number of rotatable bonds is 3. The summed E-state index contributed by atoms with van der Waals surface area (Å²) in [6.07, 6.45) is 5.54. The fourth-order valence-electron chi connectivity index (χ4n) is 2.96. The number of hydrogen-bond acceptors (Lipinski definition) is 2. The maximum Gasteiger partial charge on any atom is 0.220 e. The Balaban J connectivity index is 2.30. The van der Waals surface area contributed by atoms with E-state index < -0.39 is 0 Å². The molecule has 1 fully saturated rings. The Kier molecular flexibility index (Phi) is 3.45. The van der Waals surface area contributed by atoms with Crippen LogP contribution >= 0.6 is 0 Å². The van der Waals surface area contributed by atoms with Crippen molar-refractivity contribution in [3.63, 3.8) is 0 Å². The van der Waals surface area contributed by atoms with E-state index in [9.17, 15) is 4.79 Å². The second kappa shape index (κ2) is 4.66. The Hall–Kier alpha value is -1.32. The largest absolute Gasteiger partial charge is 0.350 e. The van der Waals surface area contributed by atoms with Crippen molar-refractivity contribution in [3.05, 3.63) is 17.5 Å². The van der Waals surface area contributed by atoms with E-state index in [2.05, 4.69) is 44.3 Å². The molecule has 0 bridgehead atoms. The van der Waals surface area contributed by atoms with Crippen molar-refractivity contribution < 1.29 is 4.79 Å². The SMILES string of the molecule is CCC1(Cc2cn(C)nc2C(C)(C)C)CCC(=O)N1. The third-order valence-corrected chi connectivity index (χ3v) is 4.06. The number of nitrogens with zero attached hydrogens (tertiary/aromatic N) is 2. The summed E-state index contributed by atoms with van der Waals surface area (Å²) in [6.45, 7) is 8.71. The molecule has 1 saturated heterocycles. The molecule has 2 heterocycles. The summed E-state index contributed by atoms with van der Waals surface area (Å²) in [5.74, 6) is 0.183. The molecule has 1 aromatic heterocycles. The molecule has 4 heteroatoms. The lowest BCUT2D eigenvalue weighted by Gasteiger charge is -2.29. The normalized spacial score (nSPS) is 23.7. The van der Waals surface area contributed by atoms with Crippen molar-refractivity contribution in [3.8, 4) is 0 Å². The first-order valence-corrected chi connectivity index (χ1v) is 7.10. The number of carbonyl (C=O) groups excluding carboxylic acids is 1. The minimum atomic E-state index is -0.0693. The summed E-state index contributed by atoms with van der Waals surface area (Å²) in [7, 11) is 1.96. The van der Waals surface area contributed by atoms with Gasteiger partial charge in [0.1, 0.15) is 0 Å². The van der Waals surface area contributed by atoms with Crippen LogP contribution in [0.25, 0.3) is 0 Å². The third-order valence-electron chi connectivity index (χ3n) is 4.06. The minimum absolute atomic E-state index is 0.0359. The topological polar surface area (TPSA) is 46.9 Å². The van der Waals surface area contributed by atoms with Crippen LogP contribution in [0.3, 0.4) is 0 Å². The predicted octanol–water partition coefficient (Wildman–Crippen LogP) is 2.32. The second-order valence-electron chi connectivity index (χ2n) is 6.79. The smallest absolute Gasteiger partial charge is 0.220 e. The second-order valence-corrected chi connectivity index (χ2v) is 6.79. The highest BCUT2D eigenvalue weighted by molar-refractivity contribution is 5.79. The van der Waals surface area contributed by atoms with E-state index in [0.717, 1.165) is 25.0 Å². The number of carbonyl (C=O) groups is 1. The van der Waals surface area contributed by atoms with E-state index in [4.69, 9.17) is 0 Å². The molecular weight excluding hydrogens is 238 g/mol. The Labute approximate surface area is 115 Å². The predicted molar refractivity (Wildman–Crippen MR) is 76.0 cm³/mol. The van der Waals surface area contributed by atoms with Gasteiger partial charge in [-0.25, -0.2) is 0 Å². The van der Waals surface area contributed by atoms with Gasteiger partial charge in [-0.1, -0.05) is 27.7 Å². The number of hydrogen-bond donors (Lipinski definition) is 1. The molecule has 0 spiro atoms. The number of aromatic nitrogens is 2. The zero-order valence-electron chi connectivity index (χ0n) is 12.7. The van der Waals surface area contributed by atoms with Gasteiger partial charge in [0.2, 0.25) is 5.91 Å².